The van der Waals surface area contributed by atoms with Crippen molar-refractivity contribution in [3.05, 3.63) is 28.3 Å². The molecule has 7 heteroatoms. The maximum Gasteiger partial charge on any atom is 0.271 e. The second-order valence-electron chi connectivity index (χ2n) is 5.64. The number of carbonyl (C=O) groups is 1. The Morgan fingerprint density at radius 1 is 1.26 bits per heavy atom. The molecule has 0 radical (unpaired) electrons. The molecule has 0 bridgehead atoms. The minimum absolute atomic E-state index is 0.0143. The third kappa shape index (κ3) is 4.84. The van der Waals surface area contributed by atoms with E-state index in [9.17, 15) is 14.9 Å². The molecule has 1 amide bonds. The van der Waals surface area contributed by atoms with Crippen LogP contribution in [0.5, 0.6) is 5.75 Å². The summed E-state index contributed by atoms with van der Waals surface area (Å²) in [5.41, 5.74) is 0.425. The highest BCUT2D eigenvalue weighted by Gasteiger charge is 2.16. The van der Waals surface area contributed by atoms with E-state index in [0.29, 0.717) is 11.4 Å². The average molecular weight is 321 g/mol. The second-order valence-corrected chi connectivity index (χ2v) is 5.64. The van der Waals surface area contributed by atoms with Crippen molar-refractivity contribution >= 4 is 17.3 Å². The molecule has 1 aliphatic heterocycles. The first-order valence-electron chi connectivity index (χ1n) is 7.96. The van der Waals surface area contributed by atoms with E-state index in [1.807, 2.05) is 4.90 Å². The van der Waals surface area contributed by atoms with Gasteiger partial charge in [0.05, 0.1) is 24.3 Å². The number of hydrogen-bond acceptors (Lipinski definition) is 5. The van der Waals surface area contributed by atoms with Crippen molar-refractivity contribution in [2.75, 3.05) is 32.1 Å². The molecule has 2 rings (SSSR count). The van der Waals surface area contributed by atoms with E-state index in [0.717, 1.165) is 38.8 Å². The molecule has 126 valence electrons. The van der Waals surface area contributed by atoms with Crippen LogP contribution in [0.1, 0.15) is 32.1 Å². The minimum atomic E-state index is -0.468. The fraction of sp³-hybridized carbons (Fsp3) is 0.562. The Hall–Kier alpha value is -2.31. The van der Waals surface area contributed by atoms with Crippen molar-refractivity contribution in [2.45, 2.75) is 32.1 Å². The smallest absolute Gasteiger partial charge is 0.271 e. The zero-order chi connectivity index (χ0) is 16.7. The largest absolute Gasteiger partial charge is 0.495 e. The monoisotopic (exact) mass is 321 g/mol. The van der Waals surface area contributed by atoms with Gasteiger partial charge in [0.15, 0.2) is 0 Å². The first-order chi connectivity index (χ1) is 11.1. The van der Waals surface area contributed by atoms with Gasteiger partial charge in [0, 0.05) is 25.2 Å². The third-order valence-corrected chi connectivity index (χ3v) is 4.03. The number of rotatable bonds is 5. The van der Waals surface area contributed by atoms with E-state index < -0.39 is 4.92 Å². The molecular weight excluding hydrogens is 298 g/mol. The topological polar surface area (TPSA) is 84.7 Å². The predicted octanol–water partition coefficient (Wildman–Crippen LogP) is 2.81. The van der Waals surface area contributed by atoms with Gasteiger partial charge in [0.25, 0.3) is 5.69 Å². The van der Waals surface area contributed by atoms with Crippen LogP contribution in [0.25, 0.3) is 0 Å². The van der Waals surface area contributed by atoms with Crippen molar-refractivity contribution in [3.63, 3.8) is 0 Å². The summed E-state index contributed by atoms with van der Waals surface area (Å²) < 4.78 is 5.18. The molecule has 1 aromatic rings. The van der Waals surface area contributed by atoms with E-state index in [1.165, 1.54) is 31.7 Å². The summed E-state index contributed by atoms with van der Waals surface area (Å²) >= 11 is 0. The summed E-state index contributed by atoms with van der Waals surface area (Å²) in [6.45, 7) is 1.68. The first-order valence-corrected chi connectivity index (χ1v) is 7.96. The van der Waals surface area contributed by atoms with Crippen LogP contribution in [0.15, 0.2) is 18.2 Å². The molecule has 23 heavy (non-hydrogen) atoms. The van der Waals surface area contributed by atoms with Gasteiger partial charge in [-0.25, -0.2) is 0 Å². The van der Waals surface area contributed by atoms with Crippen LogP contribution in [0.4, 0.5) is 11.4 Å². The van der Waals surface area contributed by atoms with Gasteiger partial charge < -0.3 is 15.0 Å². The Morgan fingerprint density at radius 2 is 1.91 bits per heavy atom. The fourth-order valence-corrected chi connectivity index (χ4v) is 2.73. The molecule has 0 aromatic heterocycles. The Kier molecular flexibility index (Phi) is 6.19. The van der Waals surface area contributed by atoms with Gasteiger partial charge in [-0.05, 0) is 18.9 Å². The molecule has 0 atom stereocenters. The van der Waals surface area contributed by atoms with Gasteiger partial charge in [0.1, 0.15) is 5.75 Å². The molecule has 0 unspecified atom stereocenters. The summed E-state index contributed by atoms with van der Waals surface area (Å²) in [6, 6.07) is 4.30. The van der Waals surface area contributed by atoms with Crippen LogP contribution in [0, 0.1) is 10.1 Å². The molecule has 0 spiro atoms. The molecule has 1 fully saturated rings. The van der Waals surface area contributed by atoms with Crippen molar-refractivity contribution in [2.24, 2.45) is 0 Å². The number of likely N-dealkylation sites (tertiary alicyclic amines) is 1. The molecule has 1 saturated heterocycles. The minimum Gasteiger partial charge on any atom is -0.495 e. The molecule has 7 nitrogen and oxygen atoms in total. The van der Waals surface area contributed by atoms with Crippen molar-refractivity contribution in [3.8, 4) is 5.75 Å². The van der Waals surface area contributed by atoms with Crippen LogP contribution < -0.4 is 10.1 Å². The Bertz CT molecular complexity index is 554. The number of nitrogens with one attached hydrogen (secondary N) is 1. The number of benzene rings is 1. The lowest BCUT2D eigenvalue weighted by Gasteiger charge is -2.25. The number of hydrogen-bond donors (Lipinski definition) is 1. The first kappa shape index (κ1) is 17.1. The van der Waals surface area contributed by atoms with Crippen LogP contribution in [0.3, 0.4) is 0 Å². The predicted molar refractivity (Wildman–Crippen MR) is 87.8 cm³/mol. The number of non-ortho nitro benzene ring substituents is 1. The molecule has 0 aliphatic carbocycles. The number of methoxy groups -OCH3 is 1. The summed E-state index contributed by atoms with van der Waals surface area (Å²) in [5.74, 6) is 0.497. The Morgan fingerprint density at radius 3 is 2.52 bits per heavy atom. The Balaban J connectivity index is 1.99. The van der Waals surface area contributed by atoms with E-state index in [-0.39, 0.29) is 18.1 Å². The van der Waals surface area contributed by atoms with Crippen LogP contribution in [-0.2, 0) is 4.79 Å². The SMILES string of the molecule is COc1ccc([N+](=O)[O-])cc1NCC(=O)N1CCCCCCC1. The number of ether oxygens (including phenoxy) is 1. The summed E-state index contributed by atoms with van der Waals surface area (Å²) in [7, 11) is 1.49. The summed E-state index contributed by atoms with van der Waals surface area (Å²) in [4.78, 5) is 24.6. The van der Waals surface area contributed by atoms with E-state index >= 15 is 0 Å². The molecule has 0 saturated carbocycles. The van der Waals surface area contributed by atoms with Gasteiger partial charge in [-0.2, -0.15) is 0 Å². The molecule has 1 N–H and O–H groups in total. The second kappa shape index (κ2) is 8.36. The maximum absolute atomic E-state index is 12.3. The third-order valence-electron chi connectivity index (χ3n) is 4.03. The number of nitro benzene ring substituents is 1. The Labute approximate surface area is 135 Å². The zero-order valence-electron chi connectivity index (χ0n) is 13.4. The van der Waals surface area contributed by atoms with E-state index in [2.05, 4.69) is 5.32 Å². The lowest BCUT2D eigenvalue weighted by molar-refractivity contribution is -0.384. The molecule has 1 aromatic carbocycles. The maximum atomic E-state index is 12.3. The average Bonchev–Trinajstić information content (AvgIpc) is 2.51. The van der Waals surface area contributed by atoms with Crippen LogP contribution in [-0.4, -0.2) is 42.5 Å². The number of anilines is 1. The molecular formula is C16H23N3O4. The highest BCUT2D eigenvalue weighted by molar-refractivity contribution is 5.81. The summed E-state index contributed by atoms with van der Waals surface area (Å²) in [6.07, 6.45) is 5.63. The quantitative estimate of drug-likeness (QED) is 0.666. The lowest BCUT2D eigenvalue weighted by Crippen LogP contribution is -2.37. The van der Waals surface area contributed by atoms with Gasteiger partial charge in [0.2, 0.25) is 5.91 Å². The van der Waals surface area contributed by atoms with Crippen LogP contribution in [0.2, 0.25) is 0 Å². The lowest BCUT2D eigenvalue weighted by atomic mass is 10.1. The molecule has 1 heterocycles. The van der Waals surface area contributed by atoms with Gasteiger partial charge >= 0.3 is 0 Å². The van der Waals surface area contributed by atoms with Crippen LogP contribution >= 0.6 is 0 Å². The highest BCUT2D eigenvalue weighted by atomic mass is 16.6. The van der Waals surface area contributed by atoms with Gasteiger partial charge in [-0.1, -0.05) is 19.3 Å². The summed E-state index contributed by atoms with van der Waals surface area (Å²) in [5, 5.41) is 13.8. The number of nitro groups is 1. The standard InChI is InChI=1S/C16H23N3O4/c1-23-15-8-7-13(19(21)22)11-14(15)17-12-16(20)18-9-5-3-2-4-6-10-18/h7-8,11,17H,2-6,9-10,12H2,1H3. The van der Waals surface area contributed by atoms with E-state index in [1.54, 1.807) is 0 Å². The normalized spacial score (nSPS) is 15.4. The van der Waals surface area contributed by atoms with Crippen molar-refractivity contribution in [1.29, 1.82) is 0 Å². The number of nitrogens with zero attached hydrogens (tertiary/aromatic N) is 2. The molecule has 1 aliphatic rings. The van der Waals surface area contributed by atoms with Gasteiger partial charge in [-0.15, -0.1) is 0 Å². The van der Waals surface area contributed by atoms with Crippen molar-refractivity contribution < 1.29 is 14.5 Å². The van der Waals surface area contributed by atoms with E-state index in [4.69, 9.17) is 4.74 Å². The number of amides is 1. The van der Waals surface area contributed by atoms with Crippen molar-refractivity contribution in [1.82, 2.24) is 4.90 Å². The fourth-order valence-electron chi connectivity index (χ4n) is 2.73. The zero-order valence-corrected chi connectivity index (χ0v) is 13.4. The highest BCUT2D eigenvalue weighted by Crippen LogP contribution is 2.28. The van der Waals surface area contributed by atoms with Gasteiger partial charge in [-0.3, -0.25) is 14.9 Å². The number of carbonyl (C=O) groups excluding carboxylic acids is 1.